The van der Waals surface area contributed by atoms with E-state index in [-0.39, 0.29) is 18.2 Å². The van der Waals surface area contributed by atoms with Gasteiger partial charge in [-0.2, -0.15) is 0 Å². The van der Waals surface area contributed by atoms with E-state index in [1.807, 2.05) is 27.7 Å². The van der Waals surface area contributed by atoms with Crippen LogP contribution in [0.1, 0.15) is 53.9 Å². The summed E-state index contributed by atoms with van der Waals surface area (Å²) in [5, 5.41) is 3.20. The van der Waals surface area contributed by atoms with Crippen LogP contribution in [-0.4, -0.2) is 78.9 Å². The van der Waals surface area contributed by atoms with Gasteiger partial charge in [-0.3, -0.25) is 4.99 Å². The molecule has 2 amide bonds. The van der Waals surface area contributed by atoms with Crippen molar-refractivity contribution in [2.45, 2.75) is 65.5 Å². The number of hydrogen-bond acceptors (Lipinski definition) is 5. The Labute approximate surface area is 168 Å². The molecule has 0 radical (unpaired) electrons. The molecule has 0 saturated carbocycles. The zero-order valence-corrected chi connectivity index (χ0v) is 18.0. The number of rotatable bonds is 7. The molecule has 9 nitrogen and oxygen atoms in total. The average molecular weight is 400 g/mol. The van der Waals surface area contributed by atoms with E-state index in [9.17, 15) is 9.59 Å². The van der Waals surface area contributed by atoms with Crippen molar-refractivity contribution in [1.82, 2.24) is 15.1 Å². The summed E-state index contributed by atoms with van der Waals surface area (Å²) in [6.07, 6.45) is 1.82. The second-order valence-corrected chi connectivity index (χ2v) is 7.84. The summed E-state index contributed by atoms with van der Waals surface area (Å²) in [4.78, 5) is 31.7. The van der Waals surface area contributed by atoms with Crippen LogP contribution in [0.4, 0.5) is 9.59 Å². The minimum absolute atomic E-state index is 0.173. The molecule has 0 bridgehead atoms. The molecule has 0 aromatic heterocycles. The predicted octanol–water partition coefficient (Wildman–Crippen LogP) is 2.16. The number of carbonyl (C=O) groups is 2. The van der Waals surface area contributed by atoms with Gasteiger partial charge in [0.1, 0.15) is 5.60 Å². The minimum atomic E-state index is -0.522. The molecule has 1 aliphatic rings. The smallest absolute Gasteiger partial charge is 0.410 e. The fraction of sp³-hybridized carbons (Fsp3) is 0.842. The highest BCUT2D eigenvalue weighted by Gasteiger charge is 2.24. The molecule has 0 aromatic rings. The molecule has 0 unspecified atom stereocenters. The lowest BCUT2D eigenvalue weighted by atomic mass is 10.1. The highest BCUT2D eigenvalue weighted by molar-refractivity contribution is 5.78. The van der Waals surface area contributed by atoms with Gasteiger partial charge in [-0.1, -0.05) is 6.92 Å². The van der Waals surface area contributed by atoms with Crippen molar-refractivity contribution in [2.24, 2.45) is 10.7 Å². The van der Waals surface area contributed by atoms with Crippen LogP contribution in [0.25, 0.3) is 0 Å². The summed E-state index contributed by atoms with van der Waals surface area (Å²) in [6, 6.07) is 0.173. The molecule has 1 heterocycles. The van der Waals surface area contributed by atoms with Crippen molar-refractivity contribution in [3.05, 3.63) is 0 Å². The summed E-state index contributed by atoms with van der Waals surface area (Å²) < 4.78 is 10.4. The number of amides is 2. The highest BCUT2D eigenvalue weighted by atomic mass is 16.6. The number of carbonyl (C=O) groups excluding carboxylic acids is 2. The first-order chi connectivity index (χ1) is 13.2. The molecule has 1 fully saturated rings. The molecule has 162 valence electrons. The Morgan fingerprint density at radius 3 is 2.39 bits per heavy atom. The second-order valence-electron chi connectivity index (χ2n) is 7.84. The van der Waals surface area contributed by atoms with Crippen molar-refractivity contribution in [2.75, 3.05) is 39.3 Å². The number of likely N-dealkylation sites (tertiary alicyclic amines) is 1. The molecular weight excluding hydrogens is 362 g/mol. The first-order valence-electron chi connectivity index (χ1n) is 10.1. The van der Waals surface area contributed by atoms with Crippen LogP contribution < -0.4 is 11.1 Å². The lowest BCUT2D eigenvalue weighted by molar-refractivity contribution is 0.0255. The molecule has 0 aliphatic carbocycles. The summed E-state index contributed by atoms with van der Waals surface area (Å²) in [5.74, 6) is 0.357. The Balaban J connectivity index is 2.41. The molecule has 1 saturated heterocycles. The lowest BCUT2D eigenvalue weighted by Gasteiger charge is -2.31. The van der Waals surface area contributed by atoms with Gasteiger partial charge in [-0.15, -0.1) is 0 Å². The van der Waals surface area contributed by atoms with E-state index in [0.717, 1.165) is 19.3 Å². The quantitative estimate of drug-likeness (QED) is 0.501. The third-order valence-electron chi connectivity index (χ3n) is 4.17. The van der Waals surface area contributed by atoms with Gasteiger partial charge < -0.3 is 30.3 Å². The Bertz CT molecular complexity index is 525. The molecule has 9 heteroatoms. The van der Waals surface area contributed by atoms with Crippen LogP contribution in [0, 0.1) is 0 Å². The van der Waals surface area contributed by atoms with Gasteiger partial charge in [-0.25, -0.2) is 9.59 Å². The zero-order chi connectivity index (χ0) is 21.2. The van der Waals surface area contributed by atoms with Crippen molar-refractivity contribution >= 4 is 18.1 Å². The Kier molecular flexibility index (Phi) is 9.89. The van der Waals surface area contributed by atoms with Gasteiger partial charge in [0.2, 0.25) is 0 Å². The first-order valence-corrected chi connectivity index (χ1v) is 10.1. The van der Waals surface area contributed by atoms with Crippen LogP contribution in [0.2, 0.25) is 0 Å². The standard InChI is InChI=1S/C19H37N5O4/c1-6-11-23(18(26)28-19(3,4)5)14-10-21-16(20)22-15-8-12-24(13-9-15)17(25)27-7-2/h15H,6-14H2,1-5H3,(H3,20,21,22). The van der Waals surface area contributed by atoms with Gasteiger partial charge in [0.15, 0.2) is 5.96 Å². The number of nitrogens with zero attached hydrogens (tertiary/aromatic N) is 3. The number of ether oxygens (including phenoxy) is 2. The van der Waals surface area contributed by atoms with E-state index in [1.165, 1.54) is 0 Å². The summed E-state index contributed by atoms with van der Waals surface area (Å²) in [7, 11) is 0. The third-order valence-corrected chi connectivity index (χ3v) is 4.17. The van der Waals surface area contributed by atoms with Gasteiger partial charge in [0, 0.05) is 32.2 Å². The maximum Gasteiger partial charge on any atom is 0.410 e. The Morgan fingerprint density at radius 2 is 1.86 bits per heavy atom. The summed E-state index contributed by atoms with van der Waals surface area (Å²) in [6.45, 7) is 12.5. The van der Waals surface area contributed by atoms with Gasteiger partial charge >= 0.3 is 12.2 Å². The van der Waals surface area contributed by atoms with Crippen molar-refractivity contribution in [3.63, 3.8) is 0 Å². The van der Waals surface area contributed by atoms with Gasteiger partial charge in [0.25, 0.3) is 0 Å². The van der Waals surface area contributed by atoms with Crippen molar-refractivity contribution in [1.29, 1.82) is 0 Å². The van der Waals surface area contributed by atoms with E-state index in [4.69, 9.17) is 15.2 Å². The van der Waals surface area contributed by atoms with E-state index >= 15 is 0 Å². The van der Waals surface area contributed by atoms with Crippen LogP contribution in [0.3, 0.4) is 0 Å². The molecule has 0 spiro atoms. The summed E-state index contributed by atoms with van der Waals surface area (Å²) >= 11 is 0. The number of piperidine rings is 1. The van der Waals surface area contributed by atoms with Gasteiger partial charge in [0.05, 0.1) is 13.2 Å². The molecule has 1 rings (SSSR count). The molecule has 3 N–H and O–H groups in total. The molecule has 1 aliphatic heterocycles. The van der Waals surface area contributed by atoms with E-state index in [0.29, 0.717) is 45.3 Å². The monoisotopic (exact) mass is 399 g/mol. The SMILES string of the molecule is CCCN(CCN=C(N)NC1CCN(C(=O)OCC)CC1)C(=O)OC(C)(C)C. The average Bonchev–Trinajstić information content (AvgIpc) is 2.60. The van der Waals surface area contributed by atoms with E-state index in [2.05, 4.69) is 10.3 Å². The third kappa shape index (κ3) is 9.14. The van der Waals surface area contributed by atoms with Crippen LogP contribution in [0.5, 0.6) is 0 Å². The second kappa shape index (κ2) is 11.6. The Hall–Kier alpha value is -2.19. The predicted molar refractivity (Wildman–Crippen MR) is 109 cm³/mol. The maximum absolute atomic E-state index is 12.2. The highest BCUT2D eigenvalue weighted by Crippen LogP contribution is 2.12. The molecule has 0 atom stereocenters. The van der Waals surface area contributed by atoms with Crippen LogP contribution in [0.15, 0.2) is 4.99 Å². The number of aliphatic imine (C=N–C) groups is 1. The fourth-order valence-corrected chi connectivity index (χ4v) is 2.86. The molecule has 28 heavy (non-hydrogen) atoms. The molecule has 0 aromatic carbocycles. The van der Waals surface area contributed by atoms with E-state index < -0.39 is 5.60 Å². The number of nitrogens with one attached hydrogen (secondary N) is 1. The number of nitrogens with two attached hydrogens (primary N) is 1. The van der Waals surface area contributed by atoms with Crippen molar-refractivity contribution < 1.29 is 19.1 Å². The van der Waals surface area contributed by atoms with Crippen molar-refractivity contribution in [3.8, 4) is 0 Å². The number of guanidine groups is 1. The zero-order valence-electron chi connectivity index (χ0n) is 18.0. The largest absolute Gasteiger partial charge is 0.450 e. The molecular formula is C19H37N5O4. The minimum Gasteiger partial charge on any atom is -0.450 e. The topological polar surface area (TPSA) is 109 Å². The fourth-order valence-electron chi connectivity index (χ4n) is 2.86. The maximum atomic E-state index is 12.2. The normalized spacial score (nSPS) is 15.9. The van der Waals surface area contributed by atoms with Crippen LogP contribution >= 0.6 is 0 Å². The number of hydrogen-bond donors (Lipinski definition) is 2. The summed E-state index contributed by atoms with van der Waals surface area (Å²) in [5.41, 5.74) is 5.46. The van der Waals surface area contributed by atoms with Crippen LogP contribution in [-0.2, 0) is 9.47 Å². The first kappa shape index (κ1) is 23.8. The lowest BCUT2D eigenvalue weighted by Crippen LogP contribution is -2.48. The van der Waals surface area contributed by atoms with Gasteiger partial charge in [-0.05, 0) is 47.0 Å². The Morgan fingerprint density at radius 1 is 1.21 bits per heavy atom. The van der Waals surface area contributed by atoms with E-state index in [1.54, 1.807) is 16.7 Å².